The first kappa shape index (κ1) is 19.6. The van der Waals surface area contributed by atoms with Crippen molar-refractivity contribution in [2.24, 2.45) is 0 Å². The first-order valence-corrected chi connectivity index (χ1v) is 9.83. The molecule has 1 aliphatic heterocycles. The highest BCUT2D eigenvalue weighted by atomic mass is 16.2. The molecule has 4 rings (SSSR count). The number of anilines is 2. The Morgan fingerprint density at radius 2 is 1.87 bits per heavy atom. The van der Waals surface area contributed by atoms with Gasteiger partial charge in [-0.25, -0.2) is 4.68 Å². The number of hydrogen-bond donors (Lipinski definition) is 1. The molecule has 0 bridgehead atoms. The Morgan fingerprint density at radius 1 is 1.10 bits per heavy atom. The molecule has 0 atom stereocenters. The Hall–Kier alpha value is -3.68. The van der Waals surface area contributed by atoms with Crippen molar-refractivity contribution in [3.63, 3.8) is 0 Å². The van der Waals surface area contributed by atoms with Crippen LogP contribution >= 0.6 is 0 Å². The molecule has 0 fully saturated rings. The lowest BCUT2D eigenvalue weighted by Crippen LogP contribution is -2.26. The Morgan fingerprint density at radius 3 is 2.70 bits per heavy atom. The number of likely N-dealkylation sites (N-methyl/N-ethyl adjacent to an activating group) is 1. The van der Waals surface area contributed by atoms with Gasteiger partial charge in [-0.2, -0.15) is 0 Å². The fourth-order valence-corrected chi connectivity index (χ4v) is 3.50. The highest BCUT2D eigenvalue weighted by Gasteiger charge is 2.20. The summed E-state index contributed by atoms with van der Waals surface area (Å²) in [6.07, 6.45) is 2.51. The van der Waals surface area contributed by atoms with Gasteiger partial charge in [0.05, 0.1) is 6.20 Å². The van der Waals surface area contributed by atoms with Crippen LogP contribution in [0, 0.1) is 0 Å². The van der Waals surface area contributed by atoms with E-state index in [0.29, 0.717) is 6.54 Å². The van der Waals surface area contributed by atoms with Gasteiger partial charge >= 0.3 is 0 Å². The summed E-state index contributed by atoms with van der Waals surface area (Å²) < 4.78 is 1.37. The van der Waals surface area contributed by atoms with Crippen LogP contribution in [0.3, 0.4) is 0 Å². The van der Waals surface area contributed by atoms with Crippen LogP contribution in [0.15, 0.2) is 54.7 Å². The van der Waals surface area contributed by atoms with Crippen LogP contribution in [-0.2, 0) is 24.3 Å². The lowest BCUT2D eigenvalue weighted by atomic mass is 10.1. The van der Waals surface area contributed by atoms with Crippen LogP contribution in [0.1, 0.15) is 21.6 Å². The van der Waals surface area contributed by atoms with Gasteiger partial charge in [-0.05, 0) is 29.7 Å². The number of rotatable bonds is 6. The third-order valence-corrected chi connectivity index (χ3v) is 5.18. The van der Waals surface area contributed by atoms with Crippen LogP contribution in [0.25, 0.3) is 0 Å². The summed E-state index contributed by atoms with van der Waals surface area (Å²) in [6.45, 7) is 1.70. The maximum absolute atomic E-state index is 12.7. The molecule has 154 valence electrons. The fraction of sp³-hybridized carbons (Fsp3) is 0.273. The molecule has 0 spiro atoms. The molecule has 0 radical (unpaired) electrons. The van der Waals surface area contributed by atoms with Crippen molar-refractivity contribution >= 4 is 23.2 Å². The summed E-state index contributed by atoms with van der Waals surface area (Å²) in [5, 5.41) is 10.7. The Labute approximate surface area is 175 Å². The van der Waals surface area contributed by atoms with Crippen LogP contribution in [0.2, 0.25) is 0 Å². The smallest absolute Gasteiger partial charge is 0.277 e. The number of para-hydroxylation sites is 2. The molecule has 0 unspecified atom stereocenters. The van der Waals surface area contributed by atoms with E-state index < -0.39 is 0 Å². The van der Waals surface area contributed by atoms with Crippen LogP contribution in [0.4, 0.5) is 11.4 Å². The zero-order chi connectivity index (χ0) is 21.1. The number of carbonyl (C=O) groups excluding carboxylic acids is 2. The summed E-state index contributed by atoms with van der Waals surface area (Å²) in [6, 6.07) is 16.2. The molecule has 1 aromatic heterocycles. The number of nitrogens with one attached hydrogen (secondary N) is 1. The van der Waals surface area contributed by atoms with Gasteiger partial charge in [0.2, 0.25) is 5.91 Å². The van der Waals surface area contributed by atoms with Crippen LogP contribution in [0.5, 0.6) is 0 Å². The van der Waals surface area contributed by atoms with Crippen molar-refractivity contribution in [1.29, 1.82) is 0 Å². The largest absolute Gasteiger partial charge is 0.367 e. The van der Waals surface area contributed by atoms with Crippen LogP contribution < -0.4 is 10.2 Å². The number of amides is 2. The minimum atomic E-state index is -0.354. The maximum atomic E-state index is 12.7. The number of aromatic nitrogens is 3. The topological polar surface area (TPSA) is 83.4 Å². The zero-order valence-corrected chi connectivity index (χ0v) is 17.1. The monoisotopic (exact) mass is 404 g/mol. The average molecular weight is 404 g/mol. The van der Waals surface area contributed by atoms with Gasteiger partial charge < -0.3 is 15.1 Å². The van der Waals surface area contributed by atoms with E-state index in [4.69, 9.17) is 0 Å². The lowest BCUT2D eigenvalue weighted by molar-refractivity contribution is -0.129. The molecular weight excluding hydrogens is 380 g/mol. The number of nitrogens with zero attached hydrogens (tertiary/aromatic N) is 5. The van der Waals surface area contributed by atoms with Crippen molar-refractivity contribution in [3.8, 4) is 0 Å². The van der Waals surface area contributed by atoms with Crippen molar-refractivity contribution < 1.29 is 9.59 Å². The van der Waals surface area contributed by atoms with E-state index in [0.717, 1.165) is 24.2 Å². The van der Waals surface area contributed by atoms with E-state index in [-0.39, 0.29) is 24.1 Å². The fourth-order valence-electron chi connectivity index (χ4n) is 3.50. The van der Waals surface area contributed by atoms with E-state index in [1.807, 2.05) is 24.3 Å². The quantitative estimate of drug-likeness (QED) is 0.681. The maximum Gasteiger partial charge on any atom is 0.277 e. The van der Waals surface area contributed by atoms with Gasteiger partial charge in [-0.15, -0.1) is 5.10 Å². The molecule has 3 aromatic rings. The number of hydrogen-bond acceptors (Lipinski definition) is 5. The van der Waals surface area contributed by atoms with Crippen LogP contribution in [-0.4, -0.2) is 52.3 Å². The predicted molar refractivity (Wildman–Crippen MR) is 114 cm³/mol. The molecule has 2 amide bonds. The number of benzene rings is 2. The van der Waals surface area contributed by atoms with E-state index in [1.165, 1.54) is 27.0 Å². The van der Waals surface area contributed by atoms with Gasteiger partial charge in [-0.1, -0.05) is 41.6 Å². The van der Waals surface area contributed by atoms with Gasteiger partial charge in [0, 0.05) is 38.6 Å². The van der Waals surface area contributed by atoms with Gasteiger partial charge in [0.1, 0.15) is 6.54 Å². The van der Waals surface area contributed by atoms with E-state index in [2.05, 4.69) is 44.8 Å². The summed E-state index contributed by atoms with van der Waals surface area (Å²) in [5.74, 6) is -0.476. The Bertz CT molecular complexity index is 1070. The molecule has 1 N–H and O–H groups in total. The van der Waals surface area contributed by atoms with Gasteiger partial charge in [0.25, 0.3) is 5.91 Å². The van der Waals surface area contributed by atoms with E-state index in [9.17, 15) is 9.59 Å². The lowest BCUT2D eigenvalue weighted by Gasteiger charge is -2.21. The molecule has 0 saturated heterocycles. The summed E-state index contributed by atoms with van der Waals surface area (Å²) >= 11 is 0. The Kier molecular flexibility index (Phi) is 5.47. The standard InChI is InChI=1S/C22H24N6O2/c1-26(2)21(29)15-28-14-19(24-25-28)22(30)23-18-9-5-3-8-17(18)13-27-12-11-16-7-4-6-10-20(16)27/h3-10,14H,11-13,15H2,1-2H3,(H,23,30). The third-order valence-electron chi connectivity index (χ3n) is 5.18. The highest BCUT2D eigenvalue weighted by Crippen LogP contribution is 2.30. The first-order valence-electron chi connectivity index (χ1n) is 9.83. The molecule has 2 heterocycles. The number of carbonyl (C=O) groups is 2. The van der Waals surface area contributed by atoms with Crippen molar-refractivity contribution in [2.45, 2.75) is 19.5 Å². The number of fused-ring (bicyclic) bond motifs is 1. The van der Waals surface area contributed by atoms with Gasteiger partial charge in [0.15, 0.2) is 5.69 Å². The molecular formula is C22H24N6O2. The second kappa shape index (κ2) is 8.36. The normalized spacial score (nSPS) is 12.5. The molecule has 8 nitrogen and oxygen atoms in total. The molecule has 0 saturated carbocycles. The summed E-state index contributed by atoms with van der Waals surface area (Å²) in [5.41, 5.74) is 4.53. The minimum absolute atomic E-state index is 0.0399. The molecule has 30 heavy (non-hydrogen) atoms. The molecule has 0 aliphatic carbocycles. The zero-order valence-electron chi connectivity index (χ0n) is 17.1. The third kappa shape index (κ3) is 4.17. The summed E-state index contributed by atoms with van der Waals surface area (Å²) in [7, 11) is 3.34. The average Bonchev–Trinajstić information content (AvgIpc) is 3.37. The first-order chi connectivity index (χ1) is 14.5. The van der Waals surface area contributed by atoms with E-state index in [1.54, 1.807) is 14.1 Å². The van der Waals surface area contributed by atoms with Crippen molar-refractivity contribution in [1.82, 2.24) is 19.9 Å². The molecule has 1 aliphatic rings. The van der Waals surface area contributed by atoms with Crippen molar-refractivity contribution in [2.75, 3.05) is 30.9 Å². The second-order valence-electron chi connectivity index (χ2n) is 7.50. The van der Waals surface area contributed by atoms with Crippen molar-refractivity contribution in [3.05, 3.63) is 71.5 Å². The SMILES string of the molecule is CN(C)C(=O)Cn1cc(C(=O)Nc2ccccc2CN2CCc3ccccc32)nn1. The predicted octanol–water partition coefficient (Wildman–Crippen LogP) is 2.18. The van der Waals surface area contributed by atoms with E-state index >= 15 is 0 Å². The Balaban J connectivity index is 1.46. The second-order valence-corrected chi connectivity index (χ2v) is 7.50. The highest BCUT2D eigenvalue weighted by molar-refractivity contribution is 6.03. The minimum Gasteiger partial charge on any atom is -0.367 e. The molecule has 8 heteroatoms. The molecule has 2 aromatic carbocycles. The summed E-state index contributed by atoms with van der Waals surface area (Å²) in [4.78, 5) is 28.3. The van der Waals surface area contributed by atoms with Gasteiger partial charge in [-0.3, -0.25) is 9.59 Å².